The summed E-state index contributed by atoms with van der Waals surface area (Å²) in [6, 6.07) is 4.04. The molecule has 0 spiro atoms. The van der Waals surface area contributed by atoms with Crippen molar-refractivity contribution < 1.29 is 4.79 Å². The van der Waals surface area contributed by atoms with Gasteiger partial charge in [0.15, 0.2) is 0 Å². The molecule has 1 amide bonds. The number of aromatic nitrogens is 3. The summed E-state index contributed by atoms with van der Waals surface area (Å²) >= 11 is 0. The smallest absolute Gasteiger partial charge is 0.255 e. The highest BCUT2D eigenvalue weighted by molar-refractivity contribution is 5.95. The van der Waals surface area contributed by atoms with Crippen LogP contribution in [0.2, 0.25) is 0 Å². The molecule has 0 aromatic carbocycles. The van der Waals surface area contributed by atoms with Gasteiger partial charge in [-0.2, -0.15) is 5.10 Å². The van der Waals surface area contributed by atoms with Gasteiger partial charge in [0.1, 0.15) is 0 Å². The molecule has 0 saturated carbocycles. The third-order valence-electron chi connectivity index (χ3n) is 4.22. The highest BCUT2D eigenvalue weighted by atomic mass is 16.2. The standard InChI is InChI=1S/C17H26N4O/c1-7-20-13(3)11-16(15(20)5)17(22)19(6)8-9-21-14(4)10-12(2)18-21/h10-11H,7-9H2,1-6H3. The molecule has 5 heteroatoms. The van der Waals surface area contributed by atoms with E-state index in [0.717, 1.165) is 34.9 Å². The lowest BCUT2D eigenvalue weighted by Gasteiger charge is -2.18. The first-order chi connectivity index (χ1) is 10.3. The van der Waals surface area contributed by atoms with Crippen LogP contribution >= 0.6 is 0 Å². The zero-order valence-corrected chi connectivity index (χ0v) is 14.5. The predicted octanol–water partition coefficient (Wildman–Crippen LogP) is 2.71. The third kappa shape index (κ3) is 3.08. The predicted molar refractivity (Wildman–Crippen MR) is 88.2 cm³/mol. The van der Waals surface area contributed by atoms with Gasteiger partial charge in [0.2, 0.25) is 0 Å². The molecule has 2 aromatic heterocycles. The molecule has 5 nitrogen and oxygen atoms in total. The molecule has 0 atom stereocenters. The summed E-state index contributed by atoms with van der Waals surface area (Å²) in [5, 5.41) is 4.44. The first kappa shape index (κ1) is 16.3. The van der Waals surface area contributed by atoms with Crippen LogP contribution in [0.25, 0.3) is 0 Å². The number of rotatable bonds is 5. The van der Waals surface area contributed by atoms with Crippen LogP contribution in [0.5, 0.6) is 0 Å². The summed E-state index contributed by atoms with van der Waals surface area (Å²) < 4.78 is 4.12. The topological polar surface area (TPSA) is 43.1 Å². The van der Waals surface area contributed by atoms with Gasteiger partial charge >= 0.3 is 0 Å². The number of carbonyl (C=O) groups excluding carboxylic acids is 1. The maximum absolute atomic E-state index is 12.6. The SMILES string of the molecule is CCn1c(C)cc(C(=O)N(C)CCn2nc(C)cc2C)c1C. The van der Waals surface area contributed by atoms with Crippen LogP contribution in [-0.4, -0.2) is 38.7 Å². The first-order valence-electron chi connectivity index (χ1n) is 7.78. The summed E-state index contributed by atoms with van der Waals surface area (Å²) in [7, 11) is 1.85. The second-order valence-corrected chi connectivity index (χ2v) is 5.91. The van der Waals surface area contributed by atoms with Gasteiger partial charge in [-0.15, -0.1) is 0 Å². The number of hydrogen-bond acceptors (Lipinski definition) is 2. The summed E-state index contributed by atoms with van der Waals surface area (Å²) in [5.74, 6) is 0.0781. The molecule has 2 aromatic rings. The van der Waals surface area contributed by atoms with Crippen molar-refractivity contribution in [3.63, 3.8) is 0 Å². The Bertz CT molecular complexity index is 681. The van der Waals surface area contributed by atoms with Crippen molar-refractivity contribution in [3.05, 3.63) is 40.5 Å². The van der Waals surface area contributed by atoms with E-state index in [1.165, 1.54) is 0 Å². The van der Waals surface area contributed by atoms with Gasteiger partial charge < -0.3 is 9.47 Å². The second-order valence-electron chi connectivity index (χ2n) is 5.91. The lowest BCUT2D eigenvalue weighted by Crippen LogP contribution is -2.30. The summed E-state index contributed by atoms with van der Waals surface area (Å²) in [6.07, 6.45) is 0. The Balaban J connectivity index is 2.08. The van der Waals surface area contributed by atoms with Crippen molar-refractivity contribution in [2.45, 2.75) is 47.7 Å². The van der Waals surface area contributed by atoms with Gasteiger partial charge in [0.25, 0.3) is 5.91 Å². The number of likely N-dealkylation sites (N-methyl/N-ethyl adjacent to an activating group) is 1. The maximum atomic E-state index is 12.6. The van der Waals surface area contributed by atoms with Crippen molar-refractivity contribution in [3.8, 4) is 0 Å². The molecule has 120 valence electrons. The maximum Gasteiger partial charge on any atom is 0.255 e. The zero-order chi connectivity index (χ0) is 16.4. The molecule has 0 radical (unpaired) electrons. The molecule has 2 heterocycles. The molecule has 22 heavy (non-hydrogen) atoms. The van der Waals surface area contributed by atoms with Crippen LogP contribution in [-0.2, 0) is 13.1 Å². The molecular weight excluding hydrogens is 276 g/mol. The van der Waals surface area contributed by atoms with E-state index >= 15 is 0 Å². The van der Waals surface area contributed by atoms with Gasteiger partial charge in [-0.25, -0.2) is 0 Å². The fraction of sp³-hybridized carbons (Fsp3) is 0.529. The molecule has 0 fully saturated rings. The summed E-state index contributed by atoms with van der Waals surface area (Å²) in [5.41, 5.74) is 5.12. The molecule has 2 rings (SSSR count). The van der Waals surface area contributed by atoms with Crippen molar-refractivity contribution in [2.24, 2.45) is 0 Å². The van der Waals surface area contributed by atoms with Crippen molar-refractivity contribution >= 4 is 5.91 Å². The van der Waals surface area contributed by atoms with Crippen molar-refractivity contribution in [1.82, 2.24) is 19.2 Å². The van der Waals surface area contributed by atoms with Crippen LogP contribution in [0, 0.1) is 27.7 Å². The second kappa shape index (κ2) is 6.38. The summed E-state index contributed by atoms with van der Waals surface area (Å²) in [4.78, 5) is 14.4. The Kier molecular flexibility index (Phi) is 4.74. The van der Waals surface area contributed by atoms with Gasteiger partial charge in [-0.1, -0.05) is 0 Å². The Morgan fingerprint density at radius 3 is 2.36 bits per heavy atom. The fourth-order valence-corrected chi connectivity index (χ4v) is 2.96. The number of amides is 1. The number of carbonyl (C=O) groups is 1. The third-order valence-corrected chi connectivity index (χ3v) is 4.22. The number of aryl methyl sites for hydroxylation is 3. The van der Waals surface area contributed by atoms with Crippen LogP contribution in [0.4, 0.5) is 0 Å². The minimum atomic E-state index is 0.0781. The Morgan fingerprint density at radius 1 is 1.18 bits per heavy atom. The van der Waals surface area contributed by atoms with E-state index in [1.54, 1.807) is 4.90 Å². The van der Waals surface area contributed by atoms with Crippen LogP contribution in [0.3, 0.4) is 0 Å². The van der Waals surface area contributed by atoms with Crippen LogP contribution in [0.15, 0.2) is 12.1 Å². The largest absolute Gasteiger partial charge is 0.349 e. The zero-order valence-electron chi connectivity index (χ0n) is 14.5. The minimum absolute atomic E-state index is 0.0781. The van der Waals surface area contributed by atoms with E-state index in [9.17, 15) is 4.79 Å². The average molecular weight is 302 g/mol. The molecule has 0 saturated heterocycles. The van der Waals surface area contributed by atoms with Crippen LogP contribution in [0.1, 0.15) is 40.1 Å². The number of hydrogen-bond donors (Lipinski definition) is 0. The normalized spacial score (nSPS) is 11.0. The monoisotopic (exact) mass is 302 g/mol. The Hall–Kier alpha value is -2.04. The van der Waals surface area contributed by atoms with Crippen LogP contribution < -0.4 is 0 Å². The highest BCUT2D eigenvalue weighted by Crippen LogP contribution is 2.16. The van der Waals surface area contributed by atoms with Gasteiger partial charge in [0, 0.05) is 37.2 Å². The Labute approximate surface area is 132 Å². The quantitative estimate of drug-likeness (QED) is 0.852. The summed E-state index contributed by atoms with van der Waals surface area (Å²) in [6.45, 7) is 12.4. The molecule has 0 aliphatic carbocycles. The van der Waals surface area contributed by atoms with E-state index in [-0.39, 0.29) is 5.91 Å². The number of nitrogens with zero attached hydrogens (tertiary/aromatic N) is 4. The molecular formula is C17H26N4O. The lowest BCUT2D eigenvalue weighted by molar-refractivity contribution is 0.0788. The molecule has 0 aliphatic rings. The molecule has 0 bridgehead atoms. The minimum Gasteiger partial charge on any atom is -0.349 e. The van der Waals surface area contributed by atoms with E-state index < -0.39 is 0 Å². The van der Waals surface area contributed by atoms with Crippen molar-refractivity contribution in [2.75, 3.05) is 13.6 Å². The average Bonchev–Trinajstić information content (AvgIpc) is 2.94. The van der Waals surface area contributed by atoms with E-state index in [0.29, 0.717) is 13.1 Å². The Morgan fingerprint density at radius 2 is 1.86 bits per heavy atom. The van der Waals surface area contributed by atoms with Crippen molar-refractivity contribution in [1.29, 1.82) is 0 Å². The van der Waals surface area contributed by atoms with E-state index in [1.807, 2.05) is 45.5 Å². The first-order valence-corrected chi connectivity index (χ1v) is 7.78. The fourth-order valence-electron chi connectivity index (χ4n) is 2.96. The highest BCUT2D eigenvalue weighted by Gasteiger charge is 2.18. The van der Waals surface area contributed by atoms with Gasteiger partial charge in [-0.05, 0) is 46.8 Å². The van der Waals surface area contributed by atoms with E-state index in [2.05, 4.69) is 22.7 Å². The molecule has 0 aliphatic heterocycles. The molecule has 0 unspecified atom stereocenters. The van der Waals surface area contributed by atoms with Gasteiger partial charge in [-0.3, -0.25) is 9.48 Å². The van der Waals surface area contributed by atoms with E-state index in [4.69, 9.17) is 0 Å². The lowest BCUT2D eigenvalue weighted by atomic mass is 10.2. The molecule has 0 N–H and O–H groups in total. The van der Waals surface area contributed by atoms with Gasteiger partial charge in [0.05, 0.1) is 17.8 Å².